The van der Waals surface area contributed by atoms with E-state index in [0.29, 0.717) is 23.5 Å². The molecule has 0 spiro atoms. The largest absolute Gasteiger partial charge is 0.484 e. The average molecular weight is 423 g/mol. The van der Waals surface area contributed by atoms with E-state index in [2.05, 4.69) is 12.2 Å². The molecule has 0 heterocycles. The van der Waals surface area contributed by atoms with E-state index in [-0.39, 0.29) is 24.9 Å². The molecule has 0 aliphatic heterocycles. The Hall–Kier alpha value is -2.61. The lowest BCUT2D eigenvalue weighted by atomic mass is 10.2. The number of ether oxygens (including phenoxy) is 1. The van der Waals surface area contributed by atoms with E-state index in [9.17, 15) is 17.6 Å². The standard InChI is InChI=1S/C21H27FN2O4S/c1-3-4-5-14-23-21(25)16-28-20-12-10-19(11-13-20)24(29(2,26)27)15-17-6-8-18(22)9-7-17/h6-13H,3-5,14-16H2,1-2H3,(H,23,25). The van der Waals surface area contributed by atoms with Gasteiger partial charge in [-0.1, -0.05) is 31.9 Å². The number of nitrogens with one attached hydrogen (secondary N) is 1. The fraction of sp³-hybridized carbons (Fsp3) is 0.381. The third kappa shape index (κ3) is 7.73. The SMILES string of the molecule is CCCCCNC(=O)COc1ccc(N(Cc2ccc(F)cc2)S(C)(=O)=O)cc1. The Balaban J connectivity index is 1.98. The Kier molecular flexibility index (Phi) is 8.45. The number of amides is 1. The van der Waals surface area contributed by atoms with Crippen LogP contribution in [0.3, 0.4) is 0 Å². The first kappa shape index (κ1) is 22.7. The molecule has 0 unspecified atom stereocenters. The van der Waals surface area contributed by atoms with Gasteiger partial charge in [0.2, 0.25) is 10.0 Å². The average Bonchev–Trinajstić information content (AvgIpc) is 2.69. The molecule has 2 rings (SSSR count). The molecule has 2 aromatic rings. The second-order valence-electron chi connectivity index (χ2n) is 6.74. The van der Waals surface area contributed by atoms with Gasteiger partial charge in [0.1, 0.15) is 11.6 Å². The number of unbranched alkanes of at least 4 members (excludes halogenated alkanes) is 2. The fourth-order valence-electron chi connectivity index (χ4n) is 2.67. The highest BCUT2D eigenvalue weighted by Gasteiger charge is 2.18. The summed E-state index contributed by atoms with van der Waals surface area (Å²) in [7, 11) is -3.55. The number of sulfonamides is 1. The predicted molar refractivity (Wildman–Crippen MR) is 112 cm³/mol. The first-order valence-corrected chi connectivity index (χ1v) is 11.4. The summed E-state index contributed by atoms with van der Waals surface area (Å²) in [6, 6.07) is 12.1. The van der Waals surface area contributed by atoms with Gasteiger partial charge in [-0.05, 0) is 48.4 Å². The number of carbonyl (C=O) groups is 1. The third-order valence-corrected chi connectivity index (χ3v) is 5.38. The van der Waals surface area contributed by atoms with Crippen LogP contribution in [-0.2, 0) is 21.4 Å². The van der Waals surface area contributed by atoms with Crippen LogP contribution in [0.1, 0.15) is 31.7 Å². The van der Waals surface area contributed by atoms with Gasteiger partial charge in [-0.2, -0.15) is 0 Å². The van der Waals surface area contributed by atoms with Crippen molar-refractivity contribution >= 4 is 21.6 Å². The number of hydrogen-bond acceptors (Lipinski definition) is 4. The van der Waals surface area contributed by atoms with Gasteiger partial charge in [0, 0.05) is 6.54 Å². The number of nitrogens with zero attached hydrogens (tertiary/aromatic N) is 1. The summed E-state index contributed by atoms with van der Waals surface area (Å²) >= 11 is 0. The van der Waals surface area contributed by atoms with Crippen LogP contribution >= 0.6 is 0 Å². The van der Waals surface area contributed by atoms with E-state index in [1.807, 2.05) is 0 Å². The van der Waals surface area contributed by atoms with Crippen molar-refractivity contribution in [2.75, 3.05) is 23.7 Å². The molecule has 8 heteroatoms. The summed E-state index contributed by atoms with van der Waals surface area (Å²) in [5, 5.41) is 2.79. The number of hydrogen-bond donors (Lipinski definition) is 1. The van der Waals surface area contributed by atoms with E-state index in [1.165, 1.54) is 16.4 Å². The van der Waals surface area contributed by atoms with Crippen LogP contribution in [0.15, 0.2) is 48.5 Å². The van der Waals surface area contributed by atoms with Crippen LogP contribution in [0.5, 0.6) is 5.75 Å². The van der Waals surface area contributed by atoms with Crippen molar-refractivity contribution in [1.29, 1.82) is 0 Å². The lowest BCUT2D eigenvalue weighted by molar-refractivity contribution is -0.123. The van der Waals surface area contributed by atoms with Gasteiger partial charge < -0.3 is 10.1 Å². The van der Waals surface area contributed by atoms with Crippen LogP contribution < -0.4 is 14.4 Å². The van der Waals surface area contributed by atoms with Crippen molar-refractivity contribution in [1.82, 2.24) is 5.32 Å². The molecule has 0 saturated carbocycles. The third-order valence-electron chi connectivity index (χ3n) is 4.24. The minimum Gasteiger partial charge on any atom is -0.484 e. The molecule has 0 bridgehead atoms. The smallest absolute Gasteiger partial charge is 0.257 e. The Bertz CT molecular complexity index is 884. The monoisotopic (exact) mass is 422 g/mol. The van der Waals surface area contributed by atoms with Gasteiger partial charge >= 0.3 is 0 Å². The van der Waals surface area contributed by atoms with E-state index in [1.54, 1.807) is 36.4 Å². The van der Waals surface area contributed by atoms with Crippen molar-refractivity contribution in [3.8, 4) is 5.75 Å². The van der Waals surface area contributed by atoms with Crippen LogP contribution in [0, 0.1) is 5.82 Å². The first-order chi connectivity index (χ1) is 13.8. The van der Waals surface area contributed by atoms with Gasteiger partial charge in [-0.3, -0.25) is 9.10 Å². The van der Waals surface area contributed by atoms with Crippen LogP contribution in [0.25, 0.3) is 0 Å². The zero-order valence-corrected chi connectivity index (χ0v) is 17.5. The molecule has 1 amide bonds. The van der Waals surface area contributed by atoms with E-state index in [4.69, 9.17) is 4.74 Å². The van der Waals surface area contributed by atoms with E-state index < -0.39 is 10.0 Å². The van der Waals surface area contributed by atoms with Crippen LogP contribution in [0.2, 0.25) is 0 Å². The maximum atomic E-state index is 13.1. The molecule has 0 radical (unpaired) electrons. The Morgan fingerprint density at radius 3 is 2.31 bits per heavy atom. The van der Waals surface area contributed by atoms with Crippen molar-refractivity contribution in [2.24, 2.45) is 0 Å². The highest BCUT2D eigenvalue weighted by atomic mass is 32.2. The zero-order chi connectivity index (χ0) is 21.3. The molecule has 29 heavy (non-hydrogen) atoms. The van der Waals surface area contributed by atoms with E-state index in [0.717, 1.165) is 25.5 Å². The molecule has 0 aromatic heterocycles. The first-order valence-electron chi connectivity index (χ1n) is 9.51. The van der Waals surface area contributed by atoms with Crippen molar-refractivity contribution < 1.29 is 22.3 Å². The molecule has 6 nitrogen and oxygen atoms in total. The fourth-order valence-corrected chi connectivity index (χ4v) is 3.56. The quantitative estimate of drug-likeness (QED) is 0.563. The highest BCUT2D eigenvalue weighted by Crippen LogP contribution is 2.23. The molecule has 0 atom stereocenters. The maximum Gasteiger partial charge on any atom is 0.257 e. The second-order valence-corrected chi connectivity index (χ2v) is 8.64. The summed E-state index contributed by atoms with van der Waals surface area (Å²) in [4.78, 5) is 11.8. The van der Waals surface area contributed by atoms with Gasteiger partial charge in [-0.25, -0.2) is 12.8 Å². The molecule has 0 aliphatic rings. The summed E-state index contributed by atoms with van der Waals surface area (Å²) < 4.78 is 44.2. The molecular formula is C21H27FN2O4S. The number of benzene rings is 2. The van der Waals surface area contributed by atoms with Crippen LogP contribution in [0.4, 0.5) is 10.1 Å². The maximum absolute atomic E-state index is 13.1. The normalized spacial score (nSPS) is 11.1. The highest BCUT2D eigenvalue weighted by molar-refractivity contribution is 7.92. The minimum atomic E-state index is -3.55. The summed E-state index contributed by atoms with van der Waals surface area (Å²) in [6.45, 7) is 2.71. The van der Waals surface area contributed by atoms with E-state index >= 15 is 0 Å². The molecule has 1 N–H and O–H groups in total. The Morgan fingerprint density at radius 2 is 1.72 bits per heavy atom. The molecule has 0 saturated heterocycles. The molecule has 0 fully saturated rings. The lowest BCUT2D eigenvalue weighted by Crippen LogP contribution is -2.30. The zero-order valence-electron chi connectivity index (χ0n) is 16.7. The van der Waals surface area contributed by atoms with Crippen molar-refractivity contribution in [3.63, 3.8) is 0 Å². The topological polar surface area (TPSA) is 75.7 Å². The summed E-state index contributed by atoms with van der Waals surface area (Å²) in [5.74, 6) is -0.109. The summed E-state index contributed by atoms with van der Waals surface area (Å²) in [5.41, 5.74) is 1.12. The Morgan fingerprint density at radius 1 is 1.07 bits per heavy atom. The molecule has 158 valence electrons. The summed E-state index contributed by atoms with van der Waals surface area (Å²) in [6.07, 6.45) is 4.21. The molecule has 0 aliphatic carbocycles. The lowest BCUT2D eigenvalue weighted by Gasteiger charge is -2.22. The van der Waals surface area contributed by atoms with Gasteiger partial charge in [0.15, 0.2) is 6.61 Å². The predicted octanol–water partition coefficient (Wildman–Crippen LogP) is 3.48. The number of halogens is 1. The number of rotatable bonds is 11. The number of carbonyl (C=O) groups excluding carboxylic acids is 1. The minimum absolute atomic E-state index is 0.0828. The van der Waals surface area contributed by atoms with Gasteiger partial charge in [-0.15, -0.1) is 0 Å². The Labute approximate surface area is 171 Å². The second kappa shape index (κ2) is 10.8. The van der Waals surface area contributed by atoms with Gasteiger partial charge in [0.25, 0.3) is 5.91 Å². The molecular weight excluding hydrogens is 395 g/mol. The van der Waals surface area contributed by atoms with Crippen molar-refractivity contribution in [3.05, 3.63) is 59.9 Å². The number of anilines is 1. The van der Waals surface area contributed by atoms with Crippen LogP contribution in [-0.4, -0.2) is 33.7 Å². The molecule has 2 aromatic carbocycles. The van der Waals surface area contributed by atoms with Gasteiger partial charge in [0.05, 0.1) is 18.5 Å². The van der Waals surface area contributed by atoms with Crippen molar-refractivity contribution in [2.45, 2.75) is 32.7 Å².